The standard InChI is InChI=1S/C16H17BrN2.C3H9N/c17-19-12-11-18-15(13-7-3-1-4-8-13)16(19)14-9-5-2-6-10-14;1-4(2)3/h1-10,15-16,18H,11-12H2;1-3H3. The zero-order valence-electron chi connectivity index (χ0n) is 14.1. The lowest BCUT2D eigenvalue weighted by atomic mass is 9.92. The minimum Gasteiger partial charge on any atom is -0.312 e. The predicted molar refractivity (Wildman–Crippen MR) is 102 cm³/mol. The maximum absolute atomic E-state index is 3.72. The van der Waals surface area contributed by atoms with E-state index in [1.165, 1.54) is 11.1 Å². The molecule has 0 amide bonds. The number of hydrogen-bond acceptors (Lipinski definition) is 3. The third-order valence-corrected chi connectivity index (χ3v) is 4.40. The molecule has 0 bridgehead atoms. The summed E-state index contributed by atoms with van der Waals surface area (Å²) in [6, 6.07) is 22.0. The summed E-state index contributed by atoms with van der Waals surface area (Å²) in [7, 11) is 6.00. The summed E-state index contributed by atoms with van der Waals surface area (Å²) in [6.45, 7) is 2.00. The second-order valence-corrected chi connectivity index (χ2v) is 7.07. The molecule has 1 saturated heterocycles. The van der Waals surface area contributed by atoms with Crippen molar-refractivity contribution in [2.45, 2.75) is 12.1 Å². The summed E-state index contributed by atoms with van der Waals surface area (Å²) >= 11 is 3.72. The Labute approximate surface area is 148 Å². The summed E-state index contributed by atoms with van der Waals surface area (Å²) in [5.74, 6) is 0. The van der Waals surface area contributed by atoms with Crippen molar-refractivity contribution in [2.75, 3.05) is 34.2 Å². The van der Waals surface area contributed by atoms with Gasteiger partial charge in [-0.2, -0.15) is 0 Å². The van der Waals surface area contributed by atoms with Crippen LogP contribution in [0.2, 0.25) is 0 Å². The Morgan fingerprint density at radius 1 is 0.913 bits per heavy atom. The van der Waals surface area contributed by atoms with Crippen LogP contribution in [0.25, 0.3) is 0 Å². The van der Waals surface area contributed by atoms with Gasteiger partial charge in [0.2, 0.25) is 0 Å². The lowest BCUT2D eigenvalue weighted by molar-refractivity contribution is 0.236. The third-order valence-electron chi connectivity index (χ3n) is 3.61. The molecule has 124 valence electrons. The van der Waals surface area contributed by atoms with Crippen LogP contribution in [0.5, 0.6) is 0 Å². The van der Waals surface area contributed by atoms with Crippen LogP contribution in [0, 0.1) is 0 Å². The molecule has 4 heteroatoms. The highest BCUT2D eigenvalue weighted by Gasteiger charge is 2.32. The van der Waals surface area contributed by atoms with Crippen LogP contribution in [0.3, 0.4) is 0 Å². The first-order valence-corrected chi connectivity index (χ1v) is 8.67. The Morgan fingerprint density at radius 3 is 1.91 bits per heavy atom. The molecule has 3 nitrogen and oxygen atoms in total. The van der Waals surface area contributed by atoms with Gasteiger partial charge in [0.1, 0.15) is 0 Å². The summed E-state index contributed by atoms with van der Waals surface area (Å²) in [4.78, 5) is 2.00. The summed E-state index contributed by atoms with van der Waals surface area (Å²) in [5.41, 5.74) is 2.67. The molecule has 0 aromatic heterocycles. The molecule has 2 aromatic carbocycles. The predicted octanol–water partition coefficient (Wildman–Crippen LogP) is 3.86. The molecule has 1 heterocycles. The maximum atomic E-state index is 3.72. The second-order valence-electron chi connectivity index (χ2n) is 6.16. The summed E-state index contributed by atoms with van der Waals surface area (Å²) in [5, 5.41) is 3.64. The van der Waals surface area contributed by atoms with Crippen molar-refractivity contribution < 1.29 is 0 Å². The molecule has 3 rings (SSSR count). The molecule has 0 radical (unpaired) electrons. The molecular weight excluding hydrogens is 350 g/mol. The average Bonchev–Trinajstić information content (AvgIpc) is 2.56. The van der Waals surface area contributed by atoms with E-state index in [0.717, 1.165) is 13.1 Å². The Kier molecular flexibility index (Phi) is 7.24. The number of rotatable bonds is 2. The minimum absolute atomic E-state index is 0.316. The fraction of sp³-hybridized carbons (Fsp3) is 0.368. The van der Waals surface area contributed by atoms with Gasteiger partial charge in [0, 0.05) is 29.2 Å². The largest absolute Gasteiger partial charge is 0.312 e. The number of halogens is 1. The van der Waals surface area contributed by atoms with Crippen LogP contribution >= 0.6 is 16.1 Å². The highest BCUT2D eigenvalue weighted by atomic mass is 79.9. The van der Waals surface area contributed by atoms with Gasteiger partial charge in [-0.05, 0) is 32.3 Å². The van der Waals surface area contributed by atoms with E-state index in [9.17, 15) is 0 Å². The Hall–Kier alpha value is -1.20. The summed E-state index contributed by atoms with van der Waals surface area (Å²) < 4.78 is 2.26. The molecule has 1 aliphatic heterocycles. The Bertz CT molecular complexity index is 557. The van der Waals surface area contributed by atoms with E-state index in [1.54, 1.807) is 0 Å². The molecule has 0 aliphatic carbocycles. The molecule has 1 aliphatic rings. The molecule has 1 fully saturated rings. The first-order valence-electron chi connectivity index (χ1n) is 7.96. The third kappa shape index (κ3) is 5.43. The average molecular weight is 376 g/mol. The molecule has 2 aromatic rings. The van der Waals surface area contributed by atoms with Crippen molar-refractivity contribution in [3.8, 4) is 0 Å². The minimum atomic E-state index is 0.316. The zero-order chi connectivity index (χ0) is 16.7. The molecule has 23 heavy (non-hydrogen) atoms. The second kappa shape index (κ2) is 9.18. The SMILES string of the molecule is BrN1CCNC(c2ccccc2)C1c1ccccc1.CN(C)C. The van der Waals surface area contributed by atoms with E-state index in [2.05, 4.69) is 86.1 Å². The van der Waals surface area contributed by atoms with Crippen LogP contribution in [0.1, 0.15) is 23.2 Å². The van der Waals surface area contributed by atoms with Crippen molar-refractivity contribution in [3.05, 3.63) is 71.8 Å². The number of benzene rings is 2. The summed E-state index contributed by atoms with van der Waals surface area (Å²) in [6.07, 6.45) is 0. The molecule has 0 saturated carbocycles. The molecule has 2 atom stereocenters. The van der Waals surface area contributed by atoms with Crippen LogP contribution < -0.4 is 5.32 Å². The van der Waals surface area contributed by atoms with Crippen molar-refractivity contribution >= 4 is 16.1 Å². The van der Waals surface area contributed by atoms with Crippen molar-refractivity contribution in [1.82, 2.24) is 14.1 Å². The molecule has 1 N–H and O–H groups in total. The van der Waals surface area contributed by atoms with Gasteiger partial charge in [-0.1, -0.05) is 60.7 Å². The first-order chi connectivity index (χ1) is 11.1. The van der Waals surface area contributed by atoms with Crippen molar-refractivity contribution in [1.29, 1.82) is 0 Å². The van der Waals surface area contributed by atoms with Gasteiger partial charge in [0.05, 0.1) is 12.1 Å². The number of nitrogens with one attached hydrogen (secondary N) is 1. The number of piperazine rings is 1. The van der Waals surface area contributed by atoms with Gasteiger partial charge in [0.25, 0.3) is 0 Å². The smallest absolute Gasteiger partial charge is 0.0650 e. The maximum Gasteiger partial charge on any atom is 0.0650 e. The topological polar surface area (TPSA) is 18.5 Å². The van der Waals surface area contributed by atoms with Gasteiger partial charge in [0.15, 0.2) is 0 Å². The van der Waals surface area contributed by atoms with E-state index in [0.29, 0.717) is 12.1 Å². The van der Waals surface area contributed by atoms with Crippen LogP contribution in [0.4, 0.5) is 0 Å². The monoisotopic (exact) mass is 375 g/mol. The lowest BCUT2D eigenvalue weighted by Crippen LogP contribution is -2.43. The fourth-order valence-electron chi connectivity index (χ4n) is 2.70. The first kappa shape index (κ1) is 18.1. The number of hydrogen-bond donors (Lipinski definition) is 1. The quantitative estimate of drug-likeness (QED) is 0.803. The fourth-order valence-corrected chi connectivity index (χ4v) is 3.35. The number of nitrogens with zero attached hydrogens (tertiary/aromatic N) is 2. The van der Waals surface area contributed by atoms with E-state index in [4.69, 9.17) is 0 Å². The normalized spacial score (nSPS) is 21.6. The van der Waals surface area contributed by atoms with Gasteiger partial charge in [-0.15, -0.1) is 0 Å². The van der Waals surface area contributed by atoms with Crippen LogP contribution in [-0.2, 0) is 0 Å². The van der Waals surface area contributed by atoms with Crippen molar-refractivity contribution in [2.24, 2.45) is 0 Å². The molecule has 0 spiro atoms. The van der Waals surface area contributed by atoms with Crippen LogP contribution in [-0.4, -0.2) is 43.1 Å². The van der Waals surface area contributed by atoms with Crippen LogP contribution in [0.15, 0.2) is 60.7 Å². The van der Waals surface area contributed by atoms with Gasteiger partial charge >= 0.3 is 0 Å². The molecular formula is C19H26BrN3. The van der Waals surface area contributed by atoms with E-state index in [1.807, 2.05) is 26.0 Å². The Morgan fingerprint density at radius 2 is 1.39 bits per heavy atom. The highest BCUT2D eigenvalue weighted by molar-refractivity contribution is 9.07. The van der Waals surface area contributed by atoms with Gasteiger partial charge < -0.3 is 10.2 Å². The van der Waals surface area contributed by atoms with Gasteiger partial charge in [-0.3, -0.25) is 0 Å². The highest BCUT2D eigenvalue weighted by Crippen LogP contribution is 2.37. The Balaban J connectivity index is 0.000000433. The van der Waals surface area contributed by atoms with E-state index < -0.39 is 0 Å². The van der Waals surface area contributed by atoms with Gasteiger partial charge in [-0.25, -0.2) is 3.93 Å². The molecule has 2 unspecified atom stereocenters. The van der Waals surface area contributed by atoms with Crippen molar-refractivity contribution in [3.63, 3.8) is 0 Å². The van der Waals surface area contributed by atoms with E-state index in [-0.39, 0.29) is 0 Å². The lowest BCUT2D eigenvalue weighted by Gasteiger charge is -2.39. The van der Waals surface area contributed by atoms with E-state index >= 15 is 0 Å². The zero-order valence-corrected chi connectivity index (χ0v) is 15.7.